The Labute approximate surface area is 101 Å². The van der Waals surface area contributed by atoms with E-state index in [1.165, 1.54) is 11.3 Å². The van der Waals surface area contributed by atoms with E-state index in [9.17, 15) is 4.79 Å². The molecule has 16 heavy (non-hydrogen) atoms. The molecular formula is C11H11NO2S2. The lowest BCUT2D eigenvalue weighted by Crippen LogP contribution is -1.98. The van der Waals surface area contributed by atoms with Crippen molar-refractivity contribution in [2.24, 2.45) is 0 Å². The number of thiophene rings is 2. The highest BCUT2D eigenvalue weighted by molar-refractivity contribution is 7.14. The Morgan fingerprint density at radius 2 is 2.38 bits per heavy atom. The van der Waals surface area contributed by atoms with Gasteiger partial charge in [0.1, 0.15) is 4.88 Å². The number of carboxylic acid groups (broad SMARTS) is 1. The average molecular weight is 253 g/mol. The van der Waals surface area contributed by atoms with Gasteiger partial charge in [-0.15, -0.1) is 11.3 Å². The number of carboxylic acids is 1. The van der Waals surface area contributed by atoms with Gasteiger partial charge in [0.05, 0.1) is 0 Å². The van der Waals surface area contributed by atoms with Crippen LogP contribution in [0.1, 0.15) is 20.1 Å². The first-order chi connectivity index (χ1) is 7.66. The molecule has 2 aromatic heterocycles. The quantitative estimate of drug-likeness (QED) is 0.877. The molecule has 0 saturated heterocycles. The van der Waals surface area contributed by atoms with E-state index in [0.29, 0.717) is 11.4 Å². The van der Waals surface area contributed by atoms with Crippen LogP contribution >= 0.6 is 22.7 Å². The Morgan fingerprint density at radius 1 is 1.56 bits per heavy atom. The minimum atomic E-state index is -0.852. The maximum absolute atomic E-state index is 10.8. The van der Waals surface area contributed by atoms with Crippen molar-refractivity contribution in [2.45, 2.75) is 13.5 Å². The summed E-state index contributed by atoms with van der Waals surface area (Å²) in [6.07, 6.45) is 0. The smallest absolute Gasteiger partial charge is 0.345 e. The van der Waals surface area contributed by atoms with Crippen LogP contribution in [0.4, 0.5) is 5.69 Å². The van der Waals surface area contributed by atoms with Gasteiger partial charge in [-0.05, 0) is 30.0 Å². The van der Waals surface area contributed by atoms with Crippen LogP contribution in [-0.2, 0) is 6.54 Å². The van der Waals surface area contributed by atoms with Crippen LogP contribution in [0.5, 0.6) is 0 Å². The summed E-state index contributed by atoms with van der Waals surface area (Å²) in [5.41, 5.74) is 2.13. The van der Waals surface area contributed by atoms with Crippen LogP contribution < -0.4 is 5.32 Å². The zero-order chi connectivity index (χ0) is 11.5. The molecule has 2 heterocycles. The summed E-state index contributed by atoms with van der Waals surface area (Å²) in [7, 11) is 0. The molecule has 0 spiro atoms. The van der Waals surface area contributed by atoms with Gasteiger partial charge in [-0.1, -0.05) is 0 Å². The zero-order valence-electron chi connectivity index (χ0n) is 8.69. The minimum Gasteiger partial charge on any atom is -0.477 e. The van der Waals surface area contributed by atoms with Gasteiger partial charge >= 0.3 is 5.97 Å². The van der Waals surface area contributed by atoms with E-state index < -0.39 is 5.97 Å². The van der Waals surface area contributed by atoms with Crippen molar-refractivity contribution in [2.75, 3.05) is 5.32 Å². The van der Waals surface area contributed by atoms with Crippen molar-refractivity contribution in [3.8, 4) is 0 Å². The second-order valence-electron chi connectivity index (χ2n) is 3.36. The first-order valence-electron chi connectivity index (χ1n) is 4.75. The van der Waals surface area contributed by atoms with Gasteiger partial charge in [0.25, 0.3) is 0 Å². The van der Waals surface area contributed by atoms with Gasteiger partial charge in [-0.2, -0.15) is 11.3 Å². The lowest BCUT2D eigenvalue weighted by atomic mass is 10.2. The van der Waals surface area contributed by atoms with Crippen molar-refractivity contribution < 1.29 is 9.90 Å². The van der Waals surface area contributed by atoms with Crippen LogP contribution in [0, 0.1) is 6.92 Å². The summed E-state index contributed by atoms with van der Waals surface area (Å²) >= 11 is 2.96. The third-order valence-corrected chi connectivity index (χ3v) is 4.00. The third kappa shape index (κ3) is 2.43. The number of nitrogens with one attached hydrogen (secondary N) is 1. The van der Waals surface area contributed by atoms with Crippen molar-refractivity contribution in [1.82, 2.24) is 0 Å². The van der Waals surface area contributed by atoms with E-state index in [1.807, 2.05) is 23.8 Å². The molecule has 0 aliphatic heterocycles. The molecule has 0 saturated carbocycles. The Kier molecular flexibility index (Phi) is 3.26. The average Bonchev–Trinajstić information content (AvgIpc) is 2.84. The molecule has 0 unspecified atom stereocenters. The molecule has 0 atom stereocenters. The molecule has 0 radical (unpaired) electrons. The Hall–Kier alpha value is -1.33. The second kappa shape index (κ2) is 4.67. The van der Waals surface area contributed by atoms with Gasteiger partial charge in [-0.3, -0.25) is 0 Å². The van der Waals surface area contributed by atoms with Crippen molar-refractivity contribution >= 4 is 34.3 Å². The zero-order valence-corrected chi connectivity index (χ0v) is 10.3. The molecule has 0 aromatic carbocycles. The van der Waals surface area contributed by atoms with Crippen LogP contribution in [0.3, 0.4) is 0 Å². The molecule has 3 nitrogen and oxygen atoms in total. The summed E-state index contributed by atoms with van der Waals surface area (Å²) in [5.74, 6) is -0.852. The predicted octanol–water partition coefficient (Wildman–Crippen LogP) is 3.43. The second-order valence-corrected chi connectivity index (χ2v) is 5.40. The summed E-state index contributed by atoms with van der Waals surface area (Å²) in [5, 5.41) is 16.2. The van der Waals surface area contributed by atoms with E-state index >= 15 is 0 Å². The number of hydrogen-bond acceptors (Lipinski definition) is 4. The highest BCUT2D eigenvalue weighted by atomic mass is 32.1. The first-order valence-corrected chi connectivity index (χ1v) is 6.51. The third-order valence-electron chi connectivity index (χ3n) is 2.24. The summed E-state index contributed by atoms with van der Waals surface area (Å²) in [6, 6.07) is 3.74. The minimum absolute atomic E-state index is 0.402. The Balaban J connectivity index is 2.07. The van der Waals surface area contributed by atoms with Crippen LogP contribution in [-0.4, -0.2) is 11.1 Å². The Bertz CT molecular complexity index is 488. The van der Waals surface area contributed by atoms with Crippen molar-refractivity contribution in [3.63, 3.8) is 0 Å². The maximum Gasteiger partial charge on any atom is 0.345 e. The largest absolute Gasteiger partial charge is 0.477 e. The molecular weight excluding hydrogens is 242 g/mol. The molecule has 0 aliphatic rings. The normalized spacial score (nSPS) is 10.3. The van der Waals surface area contributed by atoms with E-state index in [2.05, 4.69) is 5.32 Å². The fourth-order valence-corrected chi connectivity index (χ4v) is 2.86. The standard InChI is InChI=1S/C11H11NO2S2/c1-7-8(4-10(16-7)11(13)14)5-12-9-2-3-15-6-9/h2-4,6,12H,5H2,1H3,(H,13,14). The molecule has 0 fully saturated rings. The van der Waals surface area contributed by atoms with Gasteiger partial charge < -0.3 is 10.4 Å². The summed E-state index contributed by atoms with van der Waals surface area (Å²) < 4.78 is 0. The highest BCUT2D eigenvalue weighted by Gasteiger charge is 2.10. The molecule has 0 bridgehead atoms. The molecule has 2 rings (SSSR count). The number of rotatable bonds is 4. The summed E-state index contributed by atoms with van der Waals surface area (Å²) in [6.45, 7) is 2.62. The van der Waals surface area contributed by atoms with E-state index in [0.717, 1.165) is 16.1 Å². The molecule has 84 valence electrons. The number of hydrogen-bond donors (Lipinski definition) is 2. The van der Waals surface area contributed by atoms with Gasteiger partial charge in [-0.25, -0.2) is 4.79 Å². The molecule has 2 aromatic rings. The summed E-state index contributed by atoms with van der Waals surface area (Å²) in [4.78, 5) is 12.2. The van der Waals surface area contributed by atoms with E-state index in [1.54, 1.807) is 17.4 Å². The molecule has 2 N–H and O–H groups in total. The molecule has 0 amide bonds. The Morgan fingerprint density at radius 3 is 2.94 bits per heavy atom. The number of aromatic carboxylic acids is 1. The highest BCUT2D eigenvalue weighted by Crippen LogP contribution is 2.23. The monoisotopic (exact) mass is 253 g/mol. The van der Waals surface area contributed by atoms with Gasteiger partial charge in [0.15, 0.2) is 0 Å². The van der Waals surface area contributed by atoms with Gasteiger partial charge in [0.2, 0.25) is 0 Å². The number of aryl methyl sites for hydroxylation is 1. The van der Waals surface area contributed by atoms with E-state index in [-0.39, 0.29) is 0 Å². The van der Waals surface area contributed by atoms with E-state index in [4.69, 9.17) is 5.11 Å². The van der Waals surface area contributed by atoms with Crippen molar-refractivity contribution in [3.05, 3.63) is 38.2 Å². The van der Waals surface area contributed by atoms with Crippen LogP contribution in [0.2, 0.25) is 0 Å². The van der Waals surface area contributed by atoms with Crippen LogP contribution in [0.15, 0.2) is 22.9 Å². The lowest BCUT2D eigenvalue weighted by Gasteiger charge is -2.02. The van der Waals surface area contributed by atoms with Crippen molar-refractivity contribution in [1.29, 1.82) is 0 Å². The lowest BCUT2D eigenvalue weighted by molar-refractivity contribution is 0.0702. The maximum atomic E-state index is 10.8. The predicted molar refractivity (Wildman–Crippen MR) is 67.7 cm³/mol. The molecule has 0 aliphatic carbocycles. The fraction of sp³-hybridized carbons (Fsp3) is 0.182. The topological polar surface area (TPSA) is 49.3 Å². The van der Waals surface area contributed by atoms with Gasteiger partial charge in [0, 0.05) is 22.5 Å². The molecule has 5 heteroatoms. The number of anilines is 1. The first kappa shape index (κ1) is 11.2. The number of carbonyl (C=O) groups is 1. The van der Waals surface area contributed by atoms with Crippen LogP contribution in [0.25, 0.3) is 0 Å². The SMILES string of the molecule is Cc1sc(C(=O)O)cc1CNc1ccsc1. The fourth-order valence-electron chi connectivity index (χ4n) is 1.36.